The highest BCUT2D eigenvalue weighted by atomic mass is 32.2. The second-order valence-electron chi connectivity index (χ2n) is 5.32. The number of amides is 1. The topological polar surface area (TPSA) is 71.5 Å². The Morgan fingerprint density at radius 3 is 2.52 bits per heavy atom. The normalized spacial score (nSPS) is 18.3. The zero-order valence-electron chi connectivity index (χ0n) is 11.9. The van der Waals surface area contributed by atoms with E-state index in [4.69, 9.17) is 0 Å². The summed E-state index contributed by atoms with van der Waals surface area (Å²) in [7, 11) is -1.23. The van der Waals surface area contributed by atoms with Crippen LogP contribution in [-0.2, 0) is 14.6 Å². The van der Waals surface area contributed by atoms with E-state index in [9.17, 15) is 18.0 Å². The molecule has 0 aromatic carbocycles. The fourth-order valence-corrected chi connectivity index (χ4v) is 4.56. The van der Waals surface area contributed by atoms with Crippen LogP contribution in [0.4, 0.5) is 0 Å². The van der Waals surface area contributed by atoms with E-state index in [2.05, 4.69) is 0 Å². The van der Waals surface area contributed by atoms with Gasteiger partial charge in [-0.2, -0.15) is 11.3 Å². The Bertz CT molecular complexity index is 593. The van der Waals surface area contributed by atoms with Crippen molar-refractivity contribution in [2.24, 2.45) is 0 Å². The van der Waals surface area contributed by atoms with Gasteiger partial charge in [0.05, 0.1) is 11.5 Å². The first kappa shape index (κ1) is 16.2. The first-order valence-electron chi connectivity index (χ1n) is 6.90. The van der Waals surface area contributed by atoms with E-state index in [0.717, 1.165) is 0 Å². The van der Waals surface area contributed by atoms with E-state index in [1.165, 1.54) is 11.3 Å². The van der Waals surface area contributed by atoms with Crippen LogP contribution in [0.1, 0.15) is 36.0 Å². The van der Waals surface area contributed by atoms with Gasteiger partial charge in [0.25, 0.3) is 0 Å². The van der Waals surface area contributed by atoms with Crippen molar-refractivity contribution in [3.05, 3.63) is 22.4 Å². The Labute approximate surface area is 128 Å². The van der Waals surface area contributed by atoms with Gasteiger partial charge >= 0.3 is 0 Å². The summed E-state index contributed by atoms with van der Waals surface area (Å²) in [6.45, 7) is 0. The molecular formula is C14H19NO4S2. The molecule has 116 valence electrons. The van der Waals surface area contributed by atoms with Crippen LogP contribution < -0.4 is 0 Å². The van der Waals surface area contributed by atoms with Crippen molar-refractivity contribution in [2.75, 3.05) is 18.6 Å². The molecule has 0 radical (unpaired) electrons. The largest absolute Gasteiger partial charge is 0.343 e. The van der Waals surface area contributed by atoms with Gasteiger partial charge in [0, 0.05) is 36.9 Å². The number of thiophene rings is 1. The van der Waals surface area contributed by atoms with E-state index in [-0.39, 0.29) is 42.1 Å². The molecule has 0 aliphatic carbocycles. The fraction of sp³-hybridized carbons (Fsp3) is 0.571. The predicted molar refractivity (Wildman–Crippen MR) is 82.3 cm³/mol. The molecule has 1 fully saturated rings. The van der Waals surface area contributed by atoms with Gasteiger partial charge in [0.15, 0.2) is 5.78 Å². The predicted octanol–water partition coefficient (Wildman–Crippen LogP) is 1.75. The van der Waals surface area contributed by atoms with Crippen LogP contribution in [0.3, 0.4) is 0 Å². The van der Waals surface area contributed by atoms with Gasteiger partial charge in [0.2, 0.25) is 5.91 Å². The molecule has 21 heavy (non-hydrogen) atoms. The Kier molecular flexibility index (Phi) is 5.16. The van der Waals surface area contributed by atoms with Crippen LogP contribution in [-0.4, -0.2) is 49.6 Å². The fourth-order valence-electron chi connectivity index (χ4n) is 2.43. The maximum atomic E-state index is 12.1. The van der Waals surface area contributed by atoms with Gasteiger partial charge in [0.1, 0.15) is 9.84 Å². The number of nitrogens with zero attached hydrogens (tertiary/aromatic N) is 1. The van der Waals surface area contributed by atoms with E-state index in [1.807, 2.05) is 5.38 Å². The standard InChI is InChI=1S/C14H19NO4S2/c1-15(12-5-8-21(18,19)9-6-12)14(17)3-2-13(16)11-4-7-20-10-11/h4,7,10,12H,2-3,5-6,8-9H2,1H3. The Balaban J connectivity index is 1.82. The van der Waals surface area contributed by atoms with Gasteiger partial charge in [-0.3, -0.25) is 9.59 Å². The van der Waals surface area contributed by atoms with Crippen molar-refractivity contribution in [1.82, 2.24) is 4.90 Å². The molecule has 1 aliphatic rings. The zero-order valence-corrected chi connectivity index (χ0v) is 13.6. The van der Waals surface area contributed by atoms with E-state index < -0.39 is 9.84 Å². The molecular weight excluding hydrogens is 310 g/mol. The SMILES string of the molecule is CN(C(=O)CCC(=O)c1ccsc1)C1CCS(=O)(=O)CC1. The Morgan fingerprint density at radius 2 is 1.95 bits per heavy atom. The van der Waals surface area contributed by atoms with Crippen molar-refractivity contribution in [3.8, 4) is 0 Å². The molecule has 0 spiro atoms. The summed E-state index contributed by atoms with van der Waals surface area (Å²) >= 11 is 1.46. The third-order valence-corrected chi connectivity index (χ3v) is 6.27. The lowest BCUT2D eigenvalue weighted by molar-refractivity contribution is -0.132. The number of rotatable bonds is 5. The molecule has 5 nitrogen and oxygen atoms in total. The minimum Gasteiger partial charge on any atom is -0.343 e. The molecule has 0 bridgehead atoms. The second kappa shape index (κ2) is 6.70. The summed E-state index contributed by atoms with van der Waals surface area (Å²) < 4.78 is 22.8. The maximum Gasteiger partial charge on any atom is 0.223 e. The summed E-state index contributed by atoms with van der Waals surface area (Å²) in [6.07, 6.45) is 1.35. The summed E-state index contributed by atoms with van der Waals surface area (Å²) in [5.41, 5.74) is 0.652. The van der Waals surface area contributed by atoms with Crippen LogP contribution in [0.15, 0.2) is 16.8 Å². The summed E-state index contributed by atoms with van der Waals surface area (Å²) in [5.74, 6) is 0.166. The summed E-state index contributed by atoms with van der Waals surface area (Å²) in [5, 5.41) is 3.62. The van der Waals surface area contributed by atoms with E-state index in [0.29, 0.717) is 18.4 Å². The summed E-state index contributed by atoms with van der Waals surface area (Å²) in [4.78, 5) is 25.6. The van der Waals surface area contributed by atoms with Crippen molar-refractivity contribution in [2.45, 2.75) is 31.7 Å². The van der Waals surface area contributed by atoms with Crippen LogP contribution in [0.25, 0.3) is 0 Å². The molecule has 1 aromatic heterocycles. The molecule has 0 saturated carbocycles. The van der Waals surface area contributed by atoms with Gasteiger partial charge < -0.3 is 4.90 Å². The van der Waals surface area contributed by atoms with Crippen LogP contribution in [0.5, 0.6) is 0 Å². The minimum atomic E-state index is -2.92. The average molecular weight is 329 g/mol. The Morgan fingerprint density at radius 1 is 1.29 bits per heavy atom. The molecule has 7 heteroatoms. The second-order valence-corrected chi connectivity index (χ2v) is 8.41. The van der Waals surface area contributed by atoms with Crippen molar-refractivity contribution in [1.29, 1.82) is 0 Å². The van der Waals surface area contributed by atoms with Crippen molar-refractivity contribution >= 4 is 32.9 Å². The molecule has 0 unspecified atom stereocenters. The average Bonchev–Trinajstić information content (AvgIpc) is 2.98. The number of hydrogen-bond acceptors (Lipinski definition) is 5. The molecule has 1 aliphatic heterocycles. The number of Topliss-reactive ketones (excluding diaryl/α,β-unsaturated/α-hetero) is 1. The number of hydrogen-bond donors (Lipinski definition) is 0. The van der Waals surface area contributed by atoms with E-state index >= 15 is 0 Å². The maximum absolute atomic E-state index is 12.1. The highest BCUT2D eigenvalue weighted by molar-refractivity contribution is 7.91. The van der Waals surface area contributed by atoms with Gasteiger partial charge in [-0.05, 0) is 24.3 Å². The molecule has 2 heterocycles. The zero-order chi connectivity index (χ0) is 15.5. The van der Waals surface area contributed by atoms with Crippen LogP contribution >= 0.6 is 11.3 Å². The van der Waals surface area contributed by atoms with E-state index in [1.54, 1.807) is 23.4 Å². The highest BCUT2D eigenvalue weighted by Crippen LogP contribution is 2.18. The highest BCUT2D eigenvalue weighted by Gasteiger charge is 2.28. The molecule has 1 amide bonds. The number of sulfone groups is 1. The van der Waals surface area contributed by atoms with Crippen LogP contribution in [0, 0.1) is 0 Å². The lowest BCUT2D eigenvalue weighted by Crippen LogP contribution is -2.42. The number of carbonyl (C=O) groups is 2. The lowest BCUT2D eigenvalue weighted by Gasteiger charge is -2.31. The van der Waals surface area contributed by atoms with Crippen molar-refractivity contribution < 1.29 is 18.0 Å². The quantitative estimate of drug-likeness (QED) is 0.772. The third-order valence-electron chi connectivity index (χ3n) is 3.87. The number of carbonyl (C=O) groups excluding carboxylic acids is 2. The molecule has 0 N–H and O–H groups in total. The third kappa shape index (κ3) is 4.38. The first-order chi connectivity index (χ1) is 9.89. The minimum absolute atomic E-state index is 0.0239. The van der Waals surface area contributed by atoms with Gasteiger partial charge in [-0.15, -0.1) is 0 Å². The van der Waals surface area contributed by atoms with Crippen LogP contribution in [0.2, 0.25) is 0 Å². The summed E-state index contributed by atoms with van der Waals surface area (Å²) in [6, 6.07) is 1.73. The Hall–Kier alpha value is -1.21. The van der Waals surface area contributed by atoms with Gasteiger partial charge in [-0.25, -0.2) is 8.42 Å². The van der Waals surface area contributed by atoms with Gasteiger partial charge in [-0.1, -0.05) is 0 Å². The number of ketones is 1. The monoisotopic (exact) mass is 329 g/mol. The molecule has 1 aromatic rings. The smallest absolute Gasteiger partial charge is 0.223 e. The molecule has 0 atom stereocenters. The molecule has 1 saturated heterocycles. The molecule has 2 rings (SSSR count). The first-order valence-corrected chi connectivity index (χ1v) is 9.67. The lowest BCUT2D eigenvalue weighted by atomic mass is 10.1. The van der Waals surface area contributed by atoms with Crippen molar-refractivity contribution in [3.63, 3.8) is 0 Å².